The fraction of sp³-hybridized carbons (Fsp3) is 0.455. The molecule has 0 radical (unpaired) electrons. The van der Waals surface area contributed by atoms with Crippen LogP contribution in [0.5, 0.6) is 11.5 Å². The lowest BCUT2D eigenvalue weighted by atomic mass is 10.0. The van der Waals surface area contributed by atoms with Crippen LogP contribution in [0, 0.1) is 10.1 Å². The molecule has 32 heavy (non-hydrogen) atoms. The van der Waals surface area contributed by atoms with Gasteiger partial charge < -0.3 is 23.7 Å². The molecule has 2 heterocycles. The maximum absolute atomic E-state index is 12.1. The number of pyridine rings is 1. The van der Waals surface area contributed by atoms with Crippen LogP contribution in [0.15, 0.2) is 35.3 Å². The number of non-ortho nitro benzene ring substituents is 1. The average molecular weight is 445 g/mol. The Kier molecular flexibility index (Phi) is 7.34. The molecule has 1 aliphatic rings. The highest BCUT2D eigenvalue weighted by Crippen LogP contribution is 2.39. The van der Waals surface area contributed by atoms with E-state index in [-0.39, 0.29) is 23.4 Å². The first-order chi connectivity index (χ1) is 15.3. The highest BCUT2D eigenvalue weighted by atomic mass is 16.6. The zero-order chi connectivity index (χ0) is 23.3. The number of hydrogen-bond donors (Lipinski definition) is 0. The number of nitro benzene ring substituents is 1. The van der Waals surface area contributed by atoms with E-state index in [2.05, 4.69) is 0 Å². The lowest BCUT2D eigenvalue weighted by Crippen LogP contribution is -2.42. The highest BCUT2D eigenvalue weighted by molar-refractivity contribution is 5.77. The Morgan fingerprint density at radius 2 is 1.84 bits per heavy atom. The second-order valence-electron chi connectivity index (χ2n) is 7.37. The van der Waals surface area contributed by atoms with Crippen molar-refractivity contribution < 1.29 is 23.9 Å². The van der Waals surface area contributed by atoms with E-state index >= 15 is 0 Å². The number of aromatic nitrogens is 1. The maximum Gasteiger partial charge on any atom is 0.409 e. The van der Waals surface area contributed by atoms with Crippen molar-refractivity contribution in [1.82, 2.24) is 9.47 Å². The maximum atomic E-state index is 12.1. The zero-order valence-electron chi connectivity index (χ0n) is 18.4. The first-order valence-corrected chi connectivity index (χ1v) is 10.5. The average Bonchev–Trinajstić information content (AvgIpc) is 2.77. The summed E-state index contributed by atoms with van der Waals surface area (Å²) in [6.45, 7) is 5.20. The number of likely N-dealkylation sites (tertiary alicyclic amines) is 1. The summed E-state index contributed by atoms with van der Waals surface area (Å²) in [5, 5.41) is 11.4. The van der Waals surface area contributed by atoms with E-state index in [1.54, 1.807) is 38.1 Å². The number of aryl methyl sites for hydroxylation is 1. The van der Waals surface area contributed by atoms with Gasteiger partial charge in [0.25, 0.3) is 11.2 Å². The molecule has 0 bridgehead atoms. The second kappa shape index (κ2) is 10.2. The fourth-order valence-corrected chi connectivity index (χ4v) is 3.59. The molecular formula is C22H27N3O7. The topological polar surface area (TPSA) is 113 Å². The summed E-state index contributed by atoms with van der Waals surface area (Å²) >= 11 is 0. The van der Waals surface area contributed by atoms with Crippen molar-refractivity contribution in [2.24, 2.45) is 7.05 Å². The first-order valence-electron chi connectivity index (χ1n) is 10.5. The van der Waals surface area contributed by atoms with Crippen molar-refractivity contribution in [2.45, 2.75) is 32.8 Å². The molecule has 1 fully saturated rings. The van der Waals surface area contributed by atoms with Crippen molar-refractivity contribution in [3.63, 3.8) is 0 Å². The molecule has 0 aliphatic carbocycles. The van der Waals surface area contributed by atoms with Crippen molar-refractivity contribution in [3.05, 3.63) is 50.9 Å². The SMILES string of the molecule is CCOC(=O)N1CCC(Oc2ccc([N+](=O)[O-])cc2-c2cn(C)c(=O)cc2OCC)CC1. The molecule has 0 spiro atoms. The Morgan fingerprint density at radius 3 is 2.47 bits per heavy atom. The summed E-state index contributed by atoms with van der Waals surface area (Å²) in [4.78, 5) is 36.6. The molecule has 10 nitrogen and oxygen atoms in total. The number of rotatable bonds is 7. The van der Waals surface area contributed by atoms with E-state index in [4.69, 9.17) is 14.2 Å². The quantitative estimate of drug-likeness (QED) is 0.474. The molecule has 172 valence electrons. The number of amides is 1. The van der Waals surface area contributed by atoms with Crippen molar-refractivity contribution >= 4 is 11.8 Å². The van der Waals surface area contributed by atoms with Gasteiger partial charge in [-0.25, -0.2) is 4.79 Å². The Morgan fingerprint density at radius 1 is 1.12 bits per heavy atom. The lowest BCUT2D eigenvalue weighted by Gasteiger charge is -2.31. The molecule has 2 aromatic rings. The van der Waals surface area contributed by atoms with E-state index < -0.39 is 4.92 Å². The van der Waals surface area contributed by atoms with Gasteiger partial charge in [-0.2, -0.15) is 0 Å². The minimum absolute atomic E-state index is 0.0965. The van der Waals surface area contributed by atoms with Gasteiger partial charge in [0, 0.05) is 68.5 Å². The van der Waals surface area contributed by atoms with E-state index in [1.807, 2.05) is 0 Å². The monoisotopic (exact) mass is 445 g/mol. The van der Waals surface area contributed by atoms with Gasteiger partial charge in [0.15, 0.2) is 0 Å². The smallest absolute Gasteiger partial charge is 0.409 e. The first kappa shape index (κ1) is 23.1. The van der Waals surface area contributed by atoms with Gasteiger partial charge >= 0.3 is 6.09 Å². The lowest BCUT2D eigenvalue weighted by molar-refractivity contribution is -0.384. The predicted octanol–water partition coefficient (Wildman–Crippen LogP) is 3.36. The third-order valence-electron chi connectivity index (χ3n) is 5.22. The number of nitrogens with zero attached hydrogens (tertiary/aromatic N) is 3. The number of piperidine rings is 1. The number of ether oxygens (including phenoxy) is 3. The van der Waals surface area contributed by atoms with Gasteiger partial charge in [-0.15, -0.1) is 0 Å². The van der Waals surface area contributed by atoms with Gasteiger partial charge in [0.1, 0.15) is 17.6 Å². The molecule has 10 heteroatoms. The summed E-state index contributed by atoms with van der Waals surface area (Å²) in [6, 6.07) is 5.73. The number of benzene rings is 1. The number of carbonyl (C=O) groups is 1. The number of hydrogen-bond acceptors (Lipinski definition) is 7. The van der Waals surface area contributed by atoms with Crippen molar-refractivity contribution in [1.29, 1.82) is 0 Å². The Hall–Kier alpha value is -3.56. The van der Waals surface area contributed by atoms with Crippen LogP contribution in [0.3, 0.4) is 0 Å². The van der Waals surface area contributed by atoms with E-state index in [0.29, 0.717) is 61.8 Å². The fourth-order valence-electron chi connectivity index (χ4n) is 3.59. The predicted molar refractivity (Wildman–Crippen MR) is 117 cm³/mol. The molecular weight excluding hydrogens is 418 g/mol. The Balaban J connectivity index is 1.92. The van der Waals surface area contributed by atoms with Crippen molar-refractivity contribution in [3.8, 4) is 22.6 Å². The van der Waals surface area contributed by atoms with E-state index in [0.717, 1.165) is 0 Å². The summed E-state index contributed by atoms with van der Waals surface area (Å²) in [5.41, 5.74) is 0.639. The second-order valence-corrected chi connectivity index (χ2v) is 7.37. The standard InChI is InChI=1S/C22H27N3O7/c1-4-30-20-13-21(26)23(3)14-18(20)17-12-15(25(28)29)6-7-19(17)32-16-8-10-24(11-9-16)22(27)31-5-2/h6-7,12-14,16H,4-5,8-11H2,1-3H3. The highest BCUT2D eigenvalue weighted by Gasteiger charge is 2.26. The van der Waals surface area contributed by atoms with Gasteiger partial charge in [0.2, 0.25) is 0 Å². The Bertz CT molecular complexity index is 1040. The summed E-state index contributed by atoms with van der Waals surface area (Å²) < 4.78 is 18.3. The van der Waals surface area contributed by atoms with Crippen LogP contribution in [-0.4, -0.2) is 52.9 Å². The summed E-state index contributed by atoms with van der Waals surface area (Å²) in [6.07, 6.45) is 2.27. The van der Waals surface area contributed by atoms with E-state index in [9.17, 15) is 19.7 Å². The number of carbonyl (C=O) groups excluding carboxylic acids is 1. The summed E-state index contributed by atoms with van der Waals surface area (Å²) in [5.74, 6) is 0.780. The van der Waals surface area contributed by atoms with Crippen LogP contribution in [0.2, 0.25) is 0 Å². The minimum atomic E-state index is -0.479. The molecule has 1 aromatic carbocycles. The van der Waals surface area contributed by atoms with Gasteiger partial charge in [-0.1, -0.05) is 0 Å². The Labute approximate surface area is 185 Å². The van der Waals surface area contributed by atoms with Crippen LogP contribution < -0.4 is 15.0 Å². The molecule has 3 rings (SSSR count). The van der Waals surface area contributed by atoms with Crippen LogP contribution in [0.25, 0.3) is 11.1 Å². The van der Waals surface area contributed by atoms with Crippen molar-refractivity contribution in [2.75, 3.05) is 26.3 Å². The largest absolute Gasteiger partial charge is 0.493 e. The molecule has 1 aliphatic heterocycles. The molecule has 0 N–H and O–H groups in total. The van der Waals surface area contributed by atoms with Gasteiger partial charge in [-0.3, -0.25) is 14.9 Å². The van der Waals surface area contributed by atoms with Crippen LogP contribution in [0.1, 0.15) is 26.7 Å². The number of nitro groups is 1. The third-order valence-corrected chi connectivity index (χ3v) is 5.22. The third kappa shape index (κ3) is 5.19. The van der Waals surface area contributed by atoms with Crippen LogP contribution >= 0.6 is 0 Å². The minimum Gasteiger partial charge on any atom is -0.493 e. The molecule has 0 atom stereocenters. The molecule has 1 aromatic heterocycles. The van der Waals surface area contributed by atoms with Gasteiger partial charge in [0.05, 0.1) is 18.1 Å². The van der Waals surface area contributed by atoms with Gasteiger partial charge in [-0.05, 0) is 19.9 Å². The molecule has 0 saturated carbocycles. The zero-order valence-corrected chi connectivity index (χ0v) is 18.4. The normalized spacial score (nSPS) is 14.2. The van der Waals surface area contributed by atoms with Crippen LogP contribution in [0.4, 0.5) is 10.5 Å². The van der Waals surface area contributed by atoms with E-state index in [1.165, 1.54) is 22.8 Å². The summed E-state index contributed by atoms with van der Waals surface area (Å²) in [7, 11) is 1.60. The molecule has 1 amide bonds. The van der Waals surface area contributed by atoms with Crippen LogP contribution in [-0.2, 0) is 11.8 Å². The molecule has 1 saturated heterocycles. The molecule has 0 unspecified atom stereocenters.